The Balaban J connectivity index is 0.00000338. The van der Waals surface area contributed by atoms with E-state index < -0.39 is 0 Å². The third-order valence-electron chi connectivity index (χ3n) is 4.48. The molecule has 0 amide bonds. The monoisotopic (exact) mass is 474 g/mol. The average Bonchev–Trinajstić information content (AvgIpc) is 3.14. The molecule has 1 aliphatic heterocycles. The van der Waals surface area contributed by atoms with Crippen LogP contribution in [0, 0.1) is 5.92 Å². The van der Waals surface area contributed by atoms with E-state index in [9.17, 15) is 0 Å². The summed E-state index contributed by atoms with van der Waals surface area (Å²) in [6.07, 6.45) is 2.56. The SMILES string of the molecule is CCNC(=NCC(C)C)NCC(c1cccc(OC)c1)N1CCCC1.I. The van der Waals surface area contributed by atoms with Gasteiger partial charge in [-0.2, -0.15) is 0 Å². The maximum Gasteiger partial charge on any atom is 0.191 e. The van der Waals surface area contributed by atoms with E-state index in [2.05, 4.69) is 54.5 Å². The Morgan fingerprint density at radius 1 is 1.23 bits per heavy atom. The second kappa shape index (κ2) is 12.4. The number of guanidine groups is 1. The van der Waals surface area contributed by atoms with Crippen LogP contribution in [0.4, 0.5) is 0 Å². The van der Waals surface area contributed by atoms with E-state index in [1.807, 2.05) is 6.07 Å². The molecule has 2 N–H and O–H groups in total. The van der Waals surface area contributed by atoms with Crippen LogP contribution >= 0.6 is 24.0 Å². The van der Waals surface area contributed by atoms with Crippen molar-refractivity contribution >= 4 is 29.9 Å². The predicted molar refractivity (Wildman–Crippen MR) is 121 cm³/mol. The number of hydrogen-bond donors (Lipinski definition) is 2. The Morgan fingerprint density at radius 2 is 1.96 bits per heavy atom. The molecule has 1 heterocycles. The van der Waals surface area contributed by atoms with Gasteiger partial charge in [0.05, 0.1) is 13.2 Å². The van der Waals surface area contributed by atoms with Crippen LogP contribution in [-0.4, -0.2) is 50.7 Å². The zero-order valence-electron chi connectivity index (χ0n) is 16.6. The van der Waals surface area contributed by atoms with Crippen molar-refractivity contribution in [1.29, 1.82) is 0 Å². The summed E-state index contributed by atoms with van der Waals surface area (Å²) in [6, 6.07) is 8.77. The topological polar surface area (TPSA) is 48.9 Å². The van der Waals surface area contributed by atoms with E-state index in [0.29, 0.717) is 12.0 Å². The Kier molecular flexibility index (Phi) is 11.0. The average molecular weight is 474 g/mol. The van der Waals surface area contributed by atoms with Crippen LogP contribution < -0.4 is 15.4 Å². The number of likely N-dealkylation sites (tertiary alicyclic amines) is 1. The second-order valence-electron chi connectivity index (χ2n) is 7.03. The molecule has 1 aliphatic rings. The number of halogens is 1. The number of benzene rings is 1. The van der Waals surface area contributed by atoms with Crippen LogP contribution in [0.15, 0.2) is 29.3 Å². The van der Waals surface area contributed by atoms with Crippen LogP contribution in [0.5, 0.6) is 5.75 Å². The van der Waals surface area contributed by atoms with Gasteiger partial charge >= 0.3 is 0 Å². The van der Waals surface area contributed by atoms with E-state index in [4.69, 9.17) is 9.73 Å². The number of ether oxygens (including phenoxy) is 1. The van der Waals surface area contributed by atoms with Crippen molar-refractivity contribution in [2.45, 2.75) is 39.7 Å². The number of nitrogens with zero attached hydrogens (tertiary/aromatic N) is 2. The van der Waals surface area contributed by atoms with Gasteiger partial charge in [0.25, 0.3) is 0 Å². The van der Waals surface area contributed by atoms with Gasteiger partial charge in [-0.15, -0.1) is 24.0 Å². The van der Waals surface area contributed by atoms with E-state index in [0.717, 1.165) is 44.4 Å². The highest BCUT2D eigenvalue weighted by Gasteiger charge is 2.24. The lowest BCUT2D eigenvalue weighted by Gasteiger charge is -2.29. The molecular formula is C20H35IN4O. The predicted octanol–water partition coefficient (Wildman–Crippen LogP) is 3.66. The van der Waals surface area contributed by atoms with Crippen LogP contribution in [0.3, 0.4) is 0 Å². The highest BCUT2D eigenvalue weighted by Crippen LogP contribution is 2.27. The summed E-state index contributed by atoms with van der Waals surface area (Å²) in [6.45, 7) is 11.4. The maximum absolute atomic E-state index is 5.42. The molecule has 0 bridgehead atoms. The normalized spacial score (nSPS) is 16.3. The molecule has 0 radical (unpaired) electrons. The van der Waals surface area contributed by atoms with Crippen LogP contribution in [0.1, 0.15) is 45.2 Å². The van der Waals surface area contributed by atoms with Crippen molar-refractivity contribution < 1.29 is 4.74 Å². The van der Waals surface area contributed by atoms with Crippen molar-refractivity contribution in [2.75, 3.05) is 39.8 Å². The molecule has 1 aromatic carbocycles. The molecule has 1 atom stereocenters. The van der Waals surface area contributed by atoms with Crippen molar-refractivity contribution in [1.82, 2.24) is 15.5 Å². The molecular weight excluding hydrogens is 439 g/mol. The molecule has 148 valence electrons. The molecule has 0 spiro atoms. The van der Waals surface area contributed by atoms with Crippen molar-refractivity contribution in [2.24, 2.45) is 10.9 Å². The fraction of sp³-hybridized carbons (Fsp3) is 0.650. The summed E-state index contributed by atoms with van der Waals surface area (Å²) in [4.78, 5) is 7.25. The zero-order valence-corrected chi connectivity index (χ0v) is 19.0. The van der Waals surface area contributed by atoms with Gasteiger partial charge in [-0.25, -0.2) is 0 Å². The molecule has 0 aliphatic carbocycles. The quantitative estimate of drug-likeness (QED) is 0.343. The lowest BCUT2D eigenvalue weighted by Crippen LogP contribution is -2.42. The molecule has 1 aromatic rings. The van der Waals surface area contributed by atoms with E-state index in [1.165, 1.54) is 18.4 Å². The number of nitrogens with one attached hydrogen (secondary N) is 2. The fourth-order valence-corrected chi connectivity index (χ4v) is 3.17. The lowest BCUT2D eigenvalue weighted by molar-refractivity contribution is 0.245. The molecule has 0 saturated carbocycles. The third-order valence-corrected chi connectivity index (χ3v) is 4.48. The fourth-order valence-electron chi connectivity index (χ4n) is 3.17. The summed E-state index contributed by atoms with van der Waals surface area (Å²) in [5, 5.41) is 6.90. The van der Waals surface area contributed by atoms with Gasteiger partial charge in [-0.1, -0.05) is 26.0 Å². The van der Waals surface area contributed by atoms with E-state index in [-0.39, 0.29) is 24.0 Å². The minimum absolute atomic E-state index is 0. The highest BCUT2D eigenvalue weighted by atomic mass is 127. The first kappa shape index (κ1) is 23.0. The molecule has 6 heteroatoms. The lowest BCUT2D eigenvalue weighted by atomic mass is 10.1. The summed E-state index contributed by atoms with van der Waals surface area (Å²) < 4.78 is 5.42. The summed E-state index contributed by atoms with van der Waals surface area (Å²) in [5.41, 5.74) is 1.30. The highest BCUT2D eigenvalue weighted by molar-refractivity contribution is 14.0. The van der Waals surface area contributed by atoms with Gasteiger partial charge in [-0.05, 0) is 56.5 Å². The minimum atomic E-state index is 0. The van der Waals surface area contributed by atoms with Gasteiger partial charge < -0.3 is 15.4 Å². The standard InChI is InChI=1S/C20H34N4O.HI/c1-5-21-20(22-14-16(2)3)23-15-19(24-11-6-7-12-24)17-9-8-10-18(13-17)25-4;/h8-10,13,16,19H,5-7,11-12,14-15H2,1-4H3,(H2,21,22,23);1H. The summed E-state index contributed by atoms with van der Waals surface area (Å²) in [7, 11) is 1.73. The second-order valence-corrected chi connectivity index (χ2v) is 7.03. The van der Waals surface area contributed by atoms with Crippen molar-refractivity contribution in [3.05, 3.63) is 29.8 Å². The van der Waals surface area contributed by atoms with Gasteiger partial charge in [-0.3, -0.25) is 9.89 Å². The number of methoxy groups -OCH3 is 1. The molecule has 26 heavy (non-hydrogen) atoms. The van der Waals surface area contributed by atoms with Crippen LogP contribution in [0.2, 0.25) is 0 Å². The van der Waals surface area contributed by atoms with Gasteiger partial charge in [0.2, 0.25) is 0 Å². The first-order valence-electron chi connectivity index (χ1n) is 9.54. The summed E-state index contributed by atoms with van der Waals surface area (Å²) in [5.74, 6) is 2.38. The van der Waals surface area contributed by atoms with E-state index in [1.54, 1.807) is 7.11 Å². The van der Waals surface area contributed by atoms with Crippen LogP contribution in [0.25, 0.3) is 0 Å². The largest absolute Gasteiger partial charge is 0.497 e. The number of hydrogen-bond acceptors (Lipinski definition) is 3. The molecule has 1 saturated heterocycles. The van der Waals surface area contributed by atoms with Gasteiger partial charge in [0.1, 0.15) is 5.75 Å². The van der Waals surface area contributed by atoms with Gasteiger partial charge in [0, 0.05) is 19.6 Å². The molecule has 2 rings (SSSR count). The zero-order chi connectivity index (χ0) is 18.1. The van der Waals surface area contributed by atoms with Gasteiger partial charge in [0.15, 0.2) is 5.96 Å². The number of aliphatic imine (C=N–C) groups is 1. The molecule has 1 fully saturated rings. The first-order chi connectivity index (χ1) is 12.1. The first-order valence-corrected chi connectivity index (χ1v) is 9.54. The van der Waals surface area contributed by atoms with Crippen molar-refractivity contribution in [3.8, 4) is 5.75 Å². The molecule has 5 nitrogen and oxygen atoms in total. The number of rotatable bonds is 8. The van der Waals surface area contributed by atoms with Crippen molar-refractivity contribution in [3.63, 3.8) is 0 Å². The summed E-state index contributed by atoms with van der Waals surface area (Å²) >= 11 is 0. The Bertz CT molecular complexity index is 544. The maximum atomic E-state index is 5.42. The Labute approximate surface area is 176 Å². The molecule has 1 unspecified atom stereocenters. The smallest absolute Gasteiger partial charge is 0.191 e. The van der Waals surface area contributed by atoms with E-state index >= 15 is 0 Å². The minimum Gasteiger partial charge on any atom is -0.497 e. The molecule has 0 aromatic heterocycles. The Morgan fingerprint density at radius 3 is 2.58 bits per heavy atom. The third kappa shape index (κ3) is 7.31. The van der Waals surface area contributed by atoms with Crippen LogP contribution in [-0.2, 0) is 0 Å². The Hall–Kier alpha value is -1.02.